The van der Waals surface area contributed by atoms with Crippen molar-refractivity contribution in [3.8, 4) is 0 Å². The van der Waals surface area contributed by atoms with Crippen LogP contribution in [-0.2, 0) is 6.54 Å². The van der Waals surface area contributed by atoms with Crippen molar-refractivity contribution in [1.82, 2.24) is 5.32 Å². The van der Waals surface area contributed by atoms with Crippen LogP contribution in [0.5, 0.6) is 0 Å². The van der Waals surface area contributed by atoms with E-state index in [0.717, 1.165) is 18.0 Å². The topological polar surface area (TPSA) is 12.0 Å². The van der Waals surface area contributed by atoms with Gasteiger partial charge in [-0.2, -0.15) is 0 Å². The Labute approximate surface area is 111 Å². The van der Waals surface area contributed by atoms with E-state index in [1.165, 1.54) is 31.7 Å². The lowest BCUT2D eigenvalue weighted by atomic mass is 9.91. The van der Waals surface area contributed by atoms with Gasteiger partial charge >= 0.3 is 0 Å². The Morgan fingerprint density at radius 2 is 1.83 bits per heavy atom. The van der Waals surface area contributed by atoms with Gasteiger partial charge in [-0.05, 0) is 43.4 Å². The van der Waals surface area contributed by atoms with Crippen molar-refractivity contribution in [2.45, 2.75) is 59.0 Å². The number of nitrogens with one attached hydrogen (secondary N) is 1. The van der Waals surface area contributed by atoms with Gasteiger partial charge in [-0.25, -0.2) is 4.39 Å². The van der Waals surface area contributed by atoms with Gasteiger partial charge in [0.05, 0.1) is 0 Å². The lowest BCUT2D eigenvalue weighted by Gasteiger charge is -2.24. The van der Waals surface area contributed by atoms with E-state index in [-0.39, 0.29) is 5.82 Å². The molecular formula is C16H26FN. The highest BCUT2D eigenvalue weighted by Crippen LogP contribution is 2.18. The van der Waals surface area contributed by atoms with Crippen LogP contribution < -0.4 is 5.32 Å². The normalized spacial score (nSPS) is 12.9. The van der Waals surface area contributed by atoms with Crippen molar-refractivity contribution in [2.75, 3.05) is 0 Å². The maximum absolute atomic E-state index is 13.1. The van der Waals surface area contributed by atoms with Crippen LogP contribution >= 0.6 is 0 Å². The first-order chi connectivity index (χ1) is 8.67. The molecule has 18 heavy (non-hydrogen) atoms. The Morgan fingerprint density at radius 1 is 1.17 bits per heavy atom. The number of hydrogen-bond acceptors (Lipinski definition) is 1. The van der Waals surface area contributed by atoms with E-state index in [2.05, 4.69) is 26.1 Å². The predicted octanol–water partition coefficient (Wildman–Crippen LogP) is 4.52. The molecule has 102 valence electrons. The summed E-state index contributed by atoms with van der Waals surface area (Å²) >= 11 is 0. The molecule has 0 spiro atoms. The molecule has 0 bridgehead atoms. The van der Waals surface area contributed by atoms with Gasteiger partial charge in [0.1, 0.15) is 5.82 Å². The Bertz CT molecular complexity index is 332. The van der Waals surface area contributed by atoms with Gasteiger partial charge in [-0.3, -0.25) is 0 Å². The van der Waals surface area contributed by atoms with Crippen molar-refractivity contribution in [1.29, 1.82) is 0 Å². The lowest BCUT2D eigenvalue weighted by Crippen LogP contribution is -2.33. The summed E-state index contributed by atoms with van der Waals surface area (Å²) in [6.45, 7) is 7.47. The van der Waals surface area contributed by atoms with Gasteiger partial charge in [0.2, 0.25) is 0 Å². The van der Waals surface area contributed by atoms with E-state index in [0.29, 0.717) is 6.04 Å². The minimum atomic E-state index is -0.152. The molecule has 0 fully saturated rings. The lowest BCUT2D eigenvalue weighted by molar-refractivity contribution is 0.327. The third kappa shape index (κ3) is 5.18. The molecule has 0 saturated carbocycles. The fourth-order valence-electron chi connectivity index (χ4n) is 2.48. The van der Waals surface area contributed by atoms with E-state index in [4.69, 9.17) is 0 Å². The summed E-state index contributed by atoms with van der Waals surface area (Å²) in [6.07, 6.45) is 5.00. The zero-order valence-electron chi connectivity index (χ0n) is 11.9. The molecule has 1 unspecified atom stereocenters. The molecule has 0 aromatic heterocycles. The van der Waals surface area contributed by atoms with Crippen molar-refractivity contribution in [3.05, 3.63) is 35.6 Å². The van der Waals surface area contributed by atoms with E-state index in [9.17, 15) is 4.39 Å². The SMILES string of the molecule is CCCC(CCC)C(C)NCc1cccc(F)c1. The summed E-state index contributed by atoms with van der Waals surface area (Å²) in [5.74, 6) is 0.578. The molecule has 0 aliphatic rings. The van der Waals surface area contributed by atoms with Gasteiger partial charge in [-0.1, -0.05) is 38.8 Å². The highest BCUT2D eigenvalue weighted by Gasteiger charge is 2.14. The highest BCUT2D eigenvalue weighted by molar-refractivity contribution is 5.16. The van der Waals surface area contributed by atoms with E-state index in [1.807, 2.05) is 6.07 Å². The first-order valence-electron chi connectivity index (χ1n) is 7.15. The average Bonchev–Trinajstić information content (AvgIpc) is 2.36. The van der Waals surface area contributed by atoms with Crippen molar-refractivity contribution in [3.63, 3.8) is 0 Å². The number of halogens is 1. The van der Waals surface area contributed by atoms with Gasteiger partial charge < -0.3 is 5.32 Å². The van der Waals surface area contributed by atoms with Crippen LogP contribution in [0, 0.1) is 11.7 Å². The molecule has 1 aromatic carbocycles. The molecule has 0 aliphatic heterocycles. The second-order valence-corrected chi connectivity index (χ2v) is 5.14. The van der Waals surface area contributed by atoms with Gasteiger partial charge in [0.15, 0.2) is 0 Å². The molecule has 1 nitrogen and oxygen atoms in total. The molecule has 1 atom stereocenters. The van der Waals surface area contributed by atoms with Crippen LogP contribution in [0.1, 0.15) is 52.0 Å². The average molecular weight is 251 g/mol. The zero-order valence-corrected chi connectivity index (χ0v) is 11.9. The number of hydrogen-bond donors (Lipinski definition) is 1. The maximum atomic E-state index is 13.1. The first kappa shape index (κ1) is 15.2. The zero-order chi connectivity index (χ0) is 13.4. The Balaban J connectivity index is 2.45. The van der Waals surface area contributed by atoms with Crippen LogP contribution in [0.4, 0.5) is 4.39 Å². The van der Waals surface area contributed by atoms with Gasteiger partial charge in [0, 0.05) is 12.6 Å². The third-order valence-electron chi connectivity index (χ3n) is 3.54. The fraction of sp³-hybridized carbons (Fsp3) is 0.625. The Kier molecular flexibility index (Phi) is 6.96. The monoisotopic (exact) mass is 251 g/mol. The summed E-state index contributed by atoms with van der Waals surface area (Å²) in [4.78, 5) is 0. The second-order valence-electron chi connectivity index (χ2n) is 5.14. The fourth-order valence-corrected chi connectivity index (χ4v) is 2.48. The van der Waals surface area contributed by atoms with Crippen molar-refractivity contribution >= 4 is 0 Å². The second kappa shape index (κ2) is 8.25. The predicted molar refractivity (Wildman–Crippen MR) is 76.0 cm³/mol. The van der Waals surface area contributed by atoms with E-state index >= 15 is 0 Å². The van der Waals surface area contributed by atoms with Crippen LogP contribution in [0.15, 0.2) is 24.3 Å². The molecular weight excluding hydrogens is 225 g/mol. The van der Waals surface area contributed by atoms with Crippen LogP contribution in [0.3, 0.4) is 0 Å². The largest absolute Gasteiger partial charge is 0.310 e. The number of rotatable bonds is 8. The summed E-state index contributed by atoms with van der Waals surface area (Å²) in [5.41, 5.74) is 1.02. The van der Waals surface area contributed by atoms with E-state index in [1.54, 1.807) is 12.1 Å². The molecule has 0 radical (unpaired) electrons. The summed E-state index contributed by atoms with van der Waals surface area (Å²) in [6, 6.07) is 7.33. The molecule has 0 aliphatic carbocycles. The Morgan fingerprint density at radius 3 is 2.39 bits per heavy atom. The summed E-state index contributed by atoms with van der Waals surface area (Å²) in [5, 5.41) is 3.53. The summed E-state index contributed by atoms with van der Waals surface area (Å²) in [7, 11) is 0. The molecule has 0 saturated heterocycles. The van der Waals surface area contributed by atoms with Gasteiger partial charge in [-0.15, -0.1) is 0 Å². The molecule has 2 heteroatoms. The third-order valence-corrected chi connectivity index (χ3v) is 3.54. The van der Waals surface area contributed by atoms with E-state index < -0.39 is 0 Å². The molecule has 1 rings (SSSR count). The molecule has 0 heterocycles. The first-order valence-corrected chi connectivity index (χ1v) is 7.15. The smallest absolute Gasteiger partial charge is 0.123 e. The minimum Gasteiger partial charge on any atom is -0.310 e. The van der Waals surface area contributed by atoms with Gasteiger partial charge in [0.25, 0.3) is 0 Å². The maximum Gasteiger partial charge on any atom is 0.123 e. The molecule has 1 N–H and O–H groups in total. The van der Waals surface area contributed by atoms with Crippen molar-refractivity contribution < 1.29 is 4.39 Å². The van der Waals surface area contributed by atoms with Crippen LogP contribution in [-0.4, -0.2) is 6.04 Å². The standard InChI is InChI=1S/C16H26FN/c1-4-7-15(8-5-2)13(3)18-12-14-9-6-10-16(17)11-14/h6,9-11,13,15,18H,4-5,7-8,12H2,1-3H3. The quantitative estimate of drug-likeness (QED) is 0.716. The highest BCUT2D eigenvalue weighted by atomic mass is 19.1. The van der Waals surface area contributed by atoms with Crippen molar-refractivity contribution in [2.24, 2.45) is 5.92 Å². The minimum absolute atomic E-state index is 0.152. The Hall–Kier alpha value is -0.890. The molecule has 0 amide bonds. The molecule has 1 aromatic rings. The van der Waals surface area contributed by atoms with Crippen LogP contribution in [0.2, 0.25) is 0 Å². The summed E-state index contributed by atoms with van der Waals surface area (Å²) < 4.78 is 13.1. The number of benzene rings is 1. The van der Waals surface area contributed by atoms with Crippen LogP contribution in [0.25, 0.3) is 0 Å².